The Labute approximate surface area is 132 Å². The number of aliphatic hydroxyl groups excluding tert-OH is 1. The van der Waals surface area contributed by atoms with E-state index in [9.17, 15) is 5.11 Å². The maximum atomic E-state index is 9.42. The zero-order valence-electron chi connectivity index (χ0n) is 13.3. The molecule has 2 heterocycles. The van der Waals surface area contributed by atoms with Gasteiger partial charge in [0.25, 0.3) is 0 Å². The monoisotopic (exact) mass is 314 g/mol. The van der Waals surface area contributed by atoms with E-state index in [0.29, 0.717) is 5.92 Å². The summed E-state index contributed by atoms with van der Waals surface area (Å²) in [6, 6.07) is 0. The standard InChI is InChI=1S/C15H27ClN4O/c1-11(21)10-20-6-4-13(5-7-20)8-17-9-14-12(2)18-19(3)15(14)16/h11,13,17,21H,4-10H2,1-3H3/t11-/m1/s1. The van der Waals surface area contributed by atoms with Crippen molar-refractivity contribution in [2.45, 2.75) is 39.3 Å². The largest absolute Gasteiger partial charge is 0.392 e. The van der Waals surface area contributed by atoms with Crippen molar-refractivity contribution >= 4 is 11.6 Å². The molecule has 1 aromatic rings. The van der Waals surface area contributed by atoms with Gasteiger partial charge >= 0.3 is 0 Å². The highest BCUT2D eigenvalue weighted by Crippen LogP contribution is 2.19. The van der Waals surface area contributed by atoms with Gasteiger partial charge in [0.2, 0.25) is 0 Å². The summed E-state index contributed by atoms with van der Waals surface area (Å²) in [5, 5.41) is 18.0. The molecule has 0 amide bonds. The van der Waals surface area contributed by atoms with Crippen LogP contribution >= 0.6 is 11.6 Å². The van der Waals surface area contributed by atoms with Crippen LogP contribution in [0.2, 0.25) is 5.15 Å². The lowest BCUT2D eigenvalue weighted by atomic mass is 9.96. The number of hydrogen-bond acceptors (Lipinski definition) is 4. The Morgan fingerprint density at radius 2 is 2.10 bits per heavy atom. The van der Waals surface area contributed by atoms with E-state index in [1.807, 2.05) is 20.9 Å². The van der Waals surface area contributed by atoms with Crippen LogP contribution in [0.25, 0.3) is 0 Å². The number of nitrogens with one attached hydrogen (secondary N) is 1. The van der Waals surface area contributed by atoms with Crippen LogP contribution in [-0.4, -0.2) is 52.1 Å². The molecule has 1 saturated heterocycles. The number of β-amino-alcohol motifs (C(OH)–C–C–N with tert-alkyl or cyclic N) is 1. The predicted octanol–water partition coefficient (Wildman–Crippen LogP) is 1.56. The van der Waals surface area contributed by atoms with Gasteiger partial charge in [-0.05, 0) is 52.2 Å². The molecule has 1 fully saturated rings. The molecule has 1 atom stereocenters. The average molecular weight is 315 g/mol. The smallest absolute Gasteiger partial charge is 0.131 e. The van der Waals surface area contributed by atoms with Gasteiger partial charge in [-0.3, -0.25) is 4.68 Å². The van der Waals surface area contributed by atoms with E-state index in [-0.39, 0.29) is 6.10 Å². The fraction of sp³-hybridized carbons (Fsp3) is 0.800. The van der Waals surface area contributed by atoms with Crippen molar-refractivity contribution in [2.75, 3.05) is 26.2 Å². The van der Waals surface area contributed by atoms with Crippen LogP contribution in [0, 0.1) is 12.8 Å². The molecule has 21 heavy (non-hydrogen) atoms. The quantitative estimate of drug-likeness (QED) is 0.837. The van der Waals surface area contributed by atoms with Crippen LogP contribution in [0.4, 0.5) is 0 Å². The van der Waals surface area contributed by atoms with Gasteiger partial charge in [0.15, 0.2) is 0 Å². The van der Waals surface area contributed by atoms with Gasteiger partial charge < -0.3 is 15.3 Å². The molecular formula is C15H27ClN4O. The van der Waals surface area contributed by atoms with Crippen molar-refractivity contribution in [3.63, 3.8) is 0 Å². The Hall–Kier alpha value is -0.620. The second-order valence-electron chi connectivity index (χ2n) is 6.20. The Morgan fingerprint density at radius 3 is 2.62 bits per heavy atom. The molecule has 0 saturated carbocycles. The molecule has 120 valence electrons. The fourth-order valence-corrected chi connectivity index (χ4v) is 3.26. The second kappa shape index (κ2) is 7.58. The number of aryl methyl sites for hydroxylation is 2. The van der Waals surface area contributed by atoms with Gasteiger partial charge in [0.1, 0.15) is 5.15 Å². The number of aliphatic hydroxyl groups is 1. The van der Waals surface area contributed by atoms with Crippen molar-refractivity contribution in [1.82, 2.24) is 20.0 Å². The Balaban J connectivity index is 1.70. The second-order valence-corrected chi connectivity index (χ2v) is 6.56. The first kappa shape index (κ1) is 16.7. The number of hydrogen-bond donors (Lipinski definition) is 2. The van der Waals surface area contributed by atoms with Gasteiger partial charge in [0, 0.05) is 25.7 Å². The number of likely N-dealkylation sites (tertiary alicyclic amines) is 1. The van der Waals surface area contributed by atoms with Crippen molar-refractivity contribution in [3.05, 3.63) is 16.4 Å². The van der Waals surface area contributed by atoms with Gasteiger partial charge in [-0.1, -0.05) is 11.6 Å². The molecular weight excluding hydrogens is 288 g/mol. The predicted molar refractivity (Wildman–Crippen MR) is 85.5 cm³/mol. The number of nitrogens with zero attached hydrogens (tertiary/aromatic N) is 3. The lowest BCUT2D eigenvalue weighted by Gasteiger charge is -2.32. The van der Waals surface area contributed by atoms with Crippen molar-refractivity contribution in [2.24, 2.45) is 13.0 Å². The summed E-state index contributed by atoms with van der Waals surface area (Å²) in [4.78, 5) is 2.35. The highest BCUT2D eigenvalue weighted by Gasteiger charge is 2.20. The molecule has 2 rings (SSSR count). The van der Waals surface area contributed by atoms with Crippen molar-refractivity contribution in [1.29, 1.82) is 0 Å². The molecule has 1 aliphatic rings. The van der Waals surface area contributed by atoms with Crippen molar-refractivity contribution < 1.29 is 5.11 Å². The minimum atomic E-state index is -0.227. The molecule has 0 unspecified atom stereocenters. The SMILES string of the molecule is Cc1nn(C)c(Cl)c1CNCC1CCN(C[C@@H](C)O)CC1. The summed E-state index contributed by atoms with van der Waals surface area (Å²) >= 11 is 6.23. The highest BCUT2D eigenvalue weighted by atomic mass is 35.5. The zero-order valence-corrected chi connectivity index (χ0v) is 14.0. The van der Waals surface area contributed by atoms with E-state index in [1.54, 1.807) is 4.68 Å². The summed E-state index contributed by atoms with van der Waals surface area (Å²) in [6.45, 7) is 8.63. The van der Waals surface area contributed by atoms with Crippen LogP contribution in [0.1, 0.15) is 31.0 Å². The molecule has 6 heteroatoms. The normalized spacial score (nSPS) is 19.1. The van der Waals surface area contributed by atoms with Gasteiger partial charge in [-0.2, -0.15) is 5.10 Å². The summed E-state index contributed by atoms with van der Waals surface area (Å²) in [5.74, 6) is 0.714. The molecule has 1 aromatic heterocycles. The maximum absolute atomic E-state index is 9.42. The van der Waals surface area contributed by atoms with Crippen LogP contribution in [0.3, 0.4) is 0 Å². The van der Waals surface area contributed by atoms with Crippen LogP contribution in [-0.2, 0) is 13.6 Å². The van der Waals surface area contributed by atoms with Gasteiger partial charge in [-0.15, -0.1) is 0 Å². The molecule has 0 radical (unpaired) electrons. The van der Waals surface area contributed by atoms with Crippen LogP contribution < -0.4 is 5.32 Å². The first-order valence-electron chi connectivity index (χ1n) is 7.76. The molecule has 0 aromatic carbocycles. The Morgan fingerprint density at radius 1 is 1.43 bits per heavy atom. The molecule has 0 bridgehead atoms. The molecule has 1 aliphatic heterocycles. The van der Waals surface area contributed by atoms with Gasteiger partial charge in [-0.25, -0.2) is 0 Å². The third-order valence-electron chi connectivity index (χ3n) is 4.23. The maximum Gasteiger partial charge on any atom is 0.131 e. The topological polar surface area (TPSA) is 53.3 Å². The first-order valence-corrected chi connectivity index (χ1v) is 8.14. The number of aromatic nitrogens is 2. The molecule has 0 aliphatic carbocycles. The average Bonchev–Trinajstić information content (AvgIpc) is 2.66. The van der Waals surface area contributed by atoms with E-state index in [0.717, 1.165) is 49.1 Å². The molecule has 5 nitrogen and oxygen atoms in total. The minimum absolute atomic E-state index is 0.227. The Bertz CT molecular complexity index is 453. The third-order valence-corrected chi connectivity index (χ3v) is 4.71. The molecule has 0 spiro atoms. The summed E-state index contributed by atoms with van der Waals surface area (Å²) < 4.78 is 1.72. The summed E-state index contributed by atoms with van der Waals surface area (Å²) in [6.07, 6.45) is 2.16. The lowest BCUT2D eigenvalue weighted by Crippen LogP contribution is -2.40. The van der Waals surface area contributed by atoms with Crippen molar-refractivity contribution in [3.8, 4) is 0 Å². The number of halogens is 1. The van der Waals surface area contributed by atoms with Crippen LogP contribution in [0.15, 0.2) is 0 Å². The Kier molecular flexibility index (Phi) is 6.05. The lowest BCUT2D eigenvalue weighted by molar-refractivity contribution is 0.0998. The van der Waals surface area contributed by atoms with E-state index >= 15 is 0 Å². The van der Waals surface area contributed by atoms with E-state index in [1.165, 1.54) is 12.8 Å². The minimum Gasteiger partial charge on any atom is -0.392 e. The summed E-state index contributed by atoms with van der Waals surface area (Å²) in [5.41, 5.74) is 2.10. The summed E-state index contributed by atoms with van der Waals surface area (Å²) in [7, 11) is 1.87. The highest BCUT2D eigenvalue weighted by molar-refractivity contribution is 6.30. The molecule has 2 N–H and O–H groups in total. The zero-order chi connectivity index (χ0) is 15.4. The van der Waals surface area contributed by atoms with Gasteiger partial charge in [0.05, 0.1) is 11.8 Å². The van der Waals surface area contributed by atoms with Crippen LogP contribution in [0.5, 0.6) is 0 Å². The van der Waals surface area contributed by atoms with E-state index < -0.39 is 0 Å². The third kappa shape index (κ3) is 4.68. The number of rotatable bonds is 6. The first-order chi connectivity index (χ1) is 9.97. The van der Waals surface area contributed by atoms with E-state index in [2.05, 4.69) is 15.3 Å². The van der Waals surface area contributed by atoms with E-state index in [4.69, 9.17) is 11.6 Å². The fourth-order valence-electron chi connectivity index (χ4n) is 3.02. The number of piperidine rings is 1.